The van der Waals surface area contributed by atoms with Crippen LogP contribution in [0.3, 0.4) is 0 Å². The molecule has 0 aliphatic carbocycles. The molecule has 1 aliphatic heterocycles. The van der Waals surface area contributed by atoms with Gasteiger partial charge in [0.15, 0.2) is 0 Å². The van der Waals surface area contributed by atoms with Gasteiger partial charge >= 0.3 is 0 Å². The van der Waals surface area contributed by atoms with Gasteiger partial charge < -0.3 is 9.80 Å². The normalized spacial score (nSPS) is 18.4. The van der Waals surface area contributed by atoms with Crippen molar-refractivity contribution in [2.45, 2.75) is 33.2 Å². The molecular weight excluding hydrogens is 284 g/mol. The fourth-order valence-corrected chi connectivity index (χ4v) is 3.92. The van der Waals surface area contributed by atoms with Crippen molar-refractivity contribution >= 4 is 33.3 Å². The van der Waals surface area contributed by atoms with E-state index in [1.54, 1.807) is 18.3 Å². The van der Waals surface area contributed by atoms with Crippen LogP contribution in [0.2, 0.25) is 0 Å². The Hall–Kier alpha value is -1.69. The van der Waals surface area contributed by atoms with Gasteiger partial charge in [0.05, 0.1) is 11.4 Å². The third kappa shape index (κ3) is 2.60. The Labute approximate surface area is 128 Å². The number of likely N-dealkylation sites (N-methyl/N-ethyl adjacent to an activating group) is 1. The van der Waals surface area contributed by atoms with Gasteiger partial charge in [0, 0.05) is 26.6 Å². The second-order valence-electron chi connectivity index (χ2n) is 5.43. The summed E-state index contributed by atoms with van der Waals surface area (Å²) in [6.07, 6.45) is 1.00. The van der Waals surface area contributed by atoms with Gasteiger partial charge in [-0.25, -0.2) is 9.97 Å². The third-order valence-electron chi connectivity index (χ3n) is 4.07. The zero-order valence-corrected chi connectivity index (χ0v) is 13.5. The van der Waals surface area contributed by atoms with Crippen molar-refractivity contribution in [2.24, 2.45) is 0 Å². The van der Waals surface area contributed by atoms with E-state index in [0.717, 1.165) is 47.9 Å². The van der Waals surface area contributed by atoms with Gasteiger partial charge in [0.1, 0.15) is 16.5 Å². The SMILES string of the molecule is CCN(C(C)=O)[C@@H]1CCN(c2nc(C)nc3sccc23)C1. The summed E-state index contributed by atoms with van der Waals surface area (Å²) in [5, 5.41) is 3.18. The highest BCUT2D eigenvalue weighted by Crippen LogP contribution is 2.30. The first-order valence-electron chi connectivity index (χ1n) is 7.34. The number of hydrogen-bond acceptors (Lipinski definition) is 5. The van der Waals surface area contributed by atoms with Gasteiger partial charge in [-0.1, -0.05) is 0 Å². The second kappa shape index (κ2) is 5.60. The van der Waals surface area contributed by atoms with Crippen molar-refractivity contribution in [3.05, 3.63) is 17.3 Å². The summed E-state index contributed by atoms with van der Waals surface area (Å²) in [7, 11) is 0. The minimum absolute atomic E-state index is 0.156. The lowest BCUT2D eigenvalue weighted by Crippen LogP contribution is -2.40. The van der Waals surface area contributed by atoms with Crippen LogP contribution in [0.15, 0.2) is 11.4 Å². The van der Waals surface area contributed by atoms with Crippen LogP contribution in [-0.4, -0.2) is 46.5 Å². The number of nitrogens with zero attached hydrogens (tertiary/aromatic N) is 4. The van der Waals surface area contributed by atoms with Crippen LogP contribution in [0.1, 0.15) is 26.1 Å². The lowest BCUT2D eigenvalue weighted by molar-refractivity contribution is -0.130. The molecule has 21 heavy (non-hydrogen) atoms. The van der Waals surface area contributed by atoms with E-state index in [0.29, 0.717) is 0 Å². The van der Waals surface area contributed by atoms with E-state index in [-0.39, 0.29) is 11.9 Å². The molecule has 0 spiro atoms. The molecule has 0 N–H and O–H groups in total. The number of hydrogen-bond donors (Lipinski definition) is 0. The average Bonchev–Trinajstić information content (AvgIpc) is 3.06. The number of carbonyl (C=O) groups is 1. The van der Waals surface area contributed by atoms with E-state index in [2.05, 4.69) is 26.3 Å². The molecule has 1 aliphatic rings. The fourth-order valence-electron chi connectivity index (χ4n) is 3.11. The zero-order valence-electron chi connectivity index (χ0n) is 12.7. The summed E-state index contributed by atoms with van der Waals surface area (Å²) in [5.41, 5.74) is 0. The van der Waals surface area contributed by atoms with E-state index in [1.807, 2.05) is 18.7 Å². The Morgan fingerprint density at radius 2 is 2.33 bits per heavy atom. The predicted molar refractivity (Wildman–Crippen MR) is 85.8 cm³/mol. The molecule has 1 saturated heterocycles. The van der Waals surface area contributed by atoms with E-state index in [1.165, 1.54) is 0 Å². The van der Waals surface area contributed by atoms with Crippen LogP contribution < -0.4 is 4.90 Å². The first kappa shape index (κ1) is 14.3. The van der Waals surface area contributed by atoms with E-state index >= 15 is 0 Å². The minimum Gasteiger partial charge on any atom is -0.354 e. The van der Waals surface area contributed by atoms with Crippen molar-refractivity contribution in [2.75, 3.05) is 24.5 Å². The molecule has 0 saturated carbocycles. The number of aromatic nitrogens is 2. The standard InChI is InChI=1S/C15H20N4OS/c1-4-19(11(3)20)12-5-7-18(9-12)14-13-6-8-21-15(13)17-10(2)16-14/h6,8,12H,4-5,7,9H2,1-3H3/t12-/m1/s1. The molecule has 5 nitrogen and oxygen atoms in total. The van der Waals surface area contributed by atoms with Crippen LogP contribution in [0.25, 0.3) is 10.2 Å². The molecule has 1 fully saturated rings. The summed E-state index contributed by atoms with van der Waals surface area (Å²) in [6.45, 7) is 8.19. The Balaban J connectivity index is 1.88. The van der Waals surface area contributed by atoms with Crippen molar-refractivity contribution in [1.82, 2.24) is 14.9 Å². The van der Waals surface area contributed by atoms with E-state index in [4.69, 9.17) is 0 Å². The summed E-state index contributed by atoms with van der Waals surface area (Å²) < 4.78 is 0. The first-order valence-corrected chi connectivity index (χ1v) is 8.22. The molecule has 0 radical (unpaired) electrons. The van der Waals surface area contributed by atoms with Crippen molar-refractivity contribution in [3.8, 4) is 0 Å². The Kier molecular flexibility index (Phi) is 3.80. The average molecular weight is 304 g/mol. The summed E-state index contributed by atoms with van der Waals surface area (Å²) in [4.78, 5) is 26.1. The molecule has 3 rings (SSSR count). The molecule has 6 heteroatoms. The minimum atomic E-state index is 0.156. The lowest BCUT2D eigenvalue weighted by Gasteiger charge is -2.27. The maximum absolute atomic E-state index is 11.7. The summed E-state index contributed by atoms with van der Waals surface area (Å²) >= 11 is 1.65. The van der Waals surface area contributed by atoms with Crippen LogP contribution in [-0.2, 0) is 4.79 Å². The number of fused-ring (bicyclic) bond motifs is 1. The number of carbonyl (C=O) groups excluding carboxylic acids is 1. The highest BCUT2D eigenvalue weighted by molar-refractivity contribution is 7.16. The van der Waals surface area contributed by atoms with Gasteiger partial charge in [-0.2, -0.15) is 0 Å². The van der Waals surface area contributed by atoms with Gasteiger partial charge in [-0.3, -0.25) is 4.79 Å². The van der Waals surface area contributed by atoms with Crippen molar-refractivity contribution in [1.29, 1.82) is 0 Å². The van der Waals surface area contributed by atoms with E-state index in [9.17, 15) is 4.79 Å². The fraction of sp³-hybridized carbons (Fsp3) is 0.533. The number of thiophene rings is 1. The molecule has 1 atom stereocenters. The molecular formula is C15H20N4OS. The highest BCUT2D eigenvalue weighted by Gasteiger charge is 2.30. The van der Waals surface area contributed by atoms with Gasteiger partial charge in [0.2, 0.25) is 5.91 Å². The molecule has 2 aromatic heterocycles. The number of anilines is 1. The second-order valence-corrected chi connectivity index (χ2v) is 6.32. The Morgan fingerprint density at radius 3 is 3.05 bits per heavy atom. The smallest absolute Gasteiger partial charge is 0.219 e. The van der Waals surface area contributed by atoms with Crippen LogP contribution in [0, 0.1) is 6.92 Å². The van der Waals surface area contributed by atoms with Crippen molar-refractivity contribution < 1.29 is 4.79 Å². The third-order valence-corrected chi connectivity index (χ3v) is 4.87. The molecule has 0 unspecified atom stereocenters. The van der Waals surface area contributed by atoms with E-state index < -0.39 is 0 Å². The molecule has 0 aromatic carbocycles. The summed E-state index contributed by atoms with van der Waals surface area (Å²) in [5.74, 6) is 1.98. The van der Waals surface area contributed by atoms with Gasteiger partial charge in [-0.15, -0.1) is 11.3 Å². The predicted octanol–water partition coefficient (Wildman–Crippen LogP) is 2.45. The largest absolute Gasteiger partial charge is 0.354 e. The van der Waals surface area contributed by atoms with Crippen LogP contribution in [0.4, 0.5) is 5.82 Å². The quantitative estimate of drug-likeness (QED) is 0.874. The zero-order chi connectivity index (χ0) is 15.0. The highest BCUT2D eigenvalue weighted by atomic mass is 32.1. The monoisotopic (exact) mass is 304 g/mol. The number of aryl methyl sites for hydroxylation is 1. The van der Waals surface area contributed by atoms with Crippen LogP contribution in [0.5, 0.6) is 0 Å². The van der Waals surface area contributed by atoms with Crippen LogP contribution >= 0.6 is 11.3 Å². The summed E-state index contributed by atoms with van der Waals surface area (Å²) in [6, 6.07) is 2.38. The Morgan fingerprint density at radius 1 is 1.52 bits per heavy atom. The lowest BCUT2D eigenvalue weighted by atomic mass is 10.2. The topological polar surface area (TPSA) is 49.3 Å². The maximum atomic E-state index is 11.7. The first-order chi connectivity index (χ1) is 10.1. The molecule has 2 aromatic rings. The Bertz CT molecular complexity index is 669. The van der Waals surface area contributed by atoms with Gasteiger partial charge in [0.25, 0.3) is 0 Å². The molecule has 1 amide bonds. The number of rotatable bonds is 3. The maximum Gasteiger partial charge on any atom is 0.219 e. The van der Waals surface area contributed by atoms with Gasteiger partial charge in [-0.05, 0) is 31.7 Å². The molecule has 112 valence electrons. The number of amides is 1. The van der Waals surface area contributed by atoms with Crippen molar-refractivity contribution in [3.63, 3.8) is 0 Å². The molecule has 3 heterocycles. The molecule has 0 bridgehead atoms.